The zero-order chi connectivity index (χ0) is 72.2. The molecule has 32 heteroatoms. The number of carbonyl (C=O) groups is 4. The van der Waals surface area contributed by atoms with Gasteiger partial charge in [0.25, 0.3) is 5.91 Å². The Labute approximate surface area is 645 Å². The standard InChI is InChI=1S/C24H32FN5O3S.2C24H32FN5O2S2.2ClH/c1-3-28(4-2)19-9-13-29(14-10-19)24(32)33-20-16-18(25)8-7-17(20)15-21-22(31)27-23(34-21)30-12-6-5-11-26-30;2*1-3-28(4-2)19-9-13-29(14-10-19)24(31)32-20-16-18(25)8-7-17(20)15-21-22(33)27-23(34-21)30-12-6-5-11-26-30;;/h3*7-8,15-16,19,26H,3-6,9-14H2,1-2H3;2*1H/b21-15+;2*21-15-;;. The first-order valence-corrected chi connectivity index (χ1v) is 39.3. The van der Waals surface area contributed by atoms with Crippen molar-refractivity contribution in [3.63, 3.8) is 0 Å². The number of thiocarbonyl (C=S) groups is 2. The van der Waals surface area contributed by atoms with Crippen LogP contribution >= 0.6 is 84.5 Å². The molecule has 9 heterocycles. The maximum absolute atomic E-state index is 14.1. The lowest BCUT2D eigenvalue weighted by Crippen LogP contribution is -2.47. The molecule has 104 heavy (non-hydrogen) atoms. The molecule has 22 nitrogen and oxygen atoms in total. The van der Waals surface area contributed by atoms with Crippen LogP contribution in [0.4, 0.5) is 27.6 Å². The lowest BCUT2D eigenvalue weighted by atomic mass is 10.0. The number of thioether (sulfide) groups is 3. The van der Waals surface area contributed by atoms with Crippen LogP contribution in [-0.4, -0.2) is 230 Å². The molecule has 0 aliphatic carbocycles. The molecule has 0 spiro atoms. The second-order valence-corrected chi connectivity index (χ2v) is 29.5. The number of hydrazine groups is 3. The number of likely N-dealkylation sites (tertiary alicyclic amines) is 3. The van der Waals surface area contributed by atoms with Crippen molar-refractivity contribution in [1.82, 2.24) is 60.7 Å². The number of hydrogen-bond donors (Lipinski definition) is 3. The number of nitrogens with one attached hydrogen (secondary N) is 3. The number of nitrogens with zero attached hydrogens (tertiary/aromatic N) is 12. The van der Waals surface area contributed by atoms with Gasteiger partial charge in [0, 0.05) is 132 Å². The van der Waals surface area contributed by atoms with Crippen LogP contribution in [0.5, 0.6) is 17.2 Å². The predicted octanol–water partition coefficient (Wildman–Crippen LogP) is 13.5. The molecule has 9 aliphatic heterocycles. The minimum Gasteiger partial charge on any atom is -0.409 e. The van der Waals surface area contributed by atoms with Gasteiger partial charge < -0.3 is 43.6 Å². The topological polar surface area (TPSA) is 198 Å². The number of hydrogen-bond acceptors (Lipinski definition) is 21. The van der Waals surface area contributed by atoms with Gasteiger partial charge in [-0.2, -0.15) is 4.99 Å². The number of ether oxygens (including phenoxy) is 3. The van der Waals surface area contributed by atoms with Crippen LogP contribution in [0.25, 0.3) is 18.2 Å². The molecular weight excluding hydrogens is 1480 g/mol. The van der Waals surface area contributed by atoms with Crippen LogP contribution < -0.4 is 30.5 Å². The van der Waals surface area contributed by atoms with E-state index in [1.807, 2.05) is 27.2 Å². The van der Waals surface area contributed by atoms with Crippen molar-refractivity contribution in [3.05, 3.63) is 103 Å². The third kappa shape index (κ3) is 22.8. The molecule has 0 bridgehead atoms. The Morgan fingerprint density at radius 3 is 1.01 bits per heavy atom. The van der Waals surface area contributed by atoms with E-state index in [2.05, 4.69) is 87.5 Å². The minimum atomic E-state index is -0.509. The SMILES string of the molecule is CCN(CC)C1CCN(C(=O)Oc2cc(F)ccc2/C=C2/SC(N3CCCCN3)=NC2=O)CC1.CCN(CC)C1CCN(C(=O)Oc2cc(F)ccc2/C=C2\SC(N3CCCCN3)=NC2=S)CC1.CCN(CC)C1CCN(C(=O)Oc2cc(F)ccc2/C=C2\SC(N3CCCCN3)=NC2=S)CC1.Cl.Cl. The molecule has 9 aliphatic rings. The van der Waals surface area contributed by atoms with Crippen molar-refractivity contribution in [2.24, 2.45) is 15.0 Å². The maximum atomic E-state index is 14.1. The number of amidine groups is 3. The summed E-state index contributed by atoms with van der Waals surface area (Å²) in [6.45, 7) is 27.9. The van der Waals surface area contributed by atoms with E-state index in [1.165, 1.54) is 77.8 Å². The van der Waals surface area contributed by atoms with E-state index in [1.54, 1.807) is 32.9 Å². The van der Waals surface area contributed by atoms with E-state index in [0.717, 1.165) is 176 Å². The van der Waals surface area contributed by atoms with Gasteiger partial charge >= 0.3 is 18.3 Å². The van der Waals surface area contributed by atoms with Crippen molar-refractivity contribution < 1.29 is 46.6 Å². The van der Waals surface area contributed by atoms with Crippen LogP contribution in [0.15, 0.2) is 84.3 Å². The van der Waals surface area contributed by atoms with E-state index >= 15 is 0 Å². The Balaban J connectivity index is 0.000000196. The molecule has 0 radical (unpaired) electrons. The van der Waals surface area contributed by atoms with Gasteiger partial charge in [0.05, 0.1) is 14.7 Å². The second kappa shape index (κ2) is 41.5. The summed E-state index contributed by atoms with van der Waals surface area (Å²) in [5.41, 5.74) is 11.6. The first kappa shape index (κ1) is 83.8. The van der Waals surface area contributed by atoms with Crippen molar-refractivity contribution in [1.29, 1.82) is 0 Å². The molecule has 3 aromatic rings. The van der Waals surface area contributed by atoms with Crippen molar-refractivity contribution in [2.45, 2.75) is 137 Å². The molecule has 4 amide bonds. The van der Waals surface area contributed by atoms with Gasteiger partial charge in [-0.3, -0.25) is 19.8 Å². The number of piperidine rings is 3. The van der Waals surface area contributed by atoms with Gasteiger partial charge in [-0.25, -0.2) is 53.8 Å². The summed E-state index contributed by atoms with van der Waals surface area (Å²) in [5.74, 6) is -1.30. The first-order valence-electron chi connectivity index (χ1n) is 36.1. The third-order valence-corrected chi connectivity index (χ3v) is 23.3. The summed E-state index contributed by atoms with van der Waals surface area (Å²) in [7, 11) is 0. The number of amides is 4. The molecule has 3 N–H and O–H groups in total. The van der Waals surface area contributed by atoms with Gasteiger partial charge in [-0.05, 0) is 206 Å². The van der Waals surface area contributed by atoms with E-state index in [9.17, 15) is 32.3 Å². The fraction of sp³-hybridized carbons (Fsp3) is 0.542. The van der Waals surface area contributed by atoms with Gasteiger partial charge in [0.2, 0.25) is 0 Å². The number of halogens is 5. The Bertz CT molecular complexity index is 3290. The van der Waals surface area contributed by atoms with Gasteiger partial charge in [-0.15, -0.1) is 24.8 Å². The summed E-state index contributed by atoms with van der Waals surface area (Å²) in [6.07, 6.45) is 15.9. The minimum absolute atomic E-state index is 0. The Kier molecular flexibility index (Phi) is 33.4. The summed E-state index contributed by atoms with van der Waals surface area (Å²) >= 11 is 15.1. The van der Waals surface area contributed by atoms with Gasteiger partial charge in [0.1, 0.15) is 44.7 Å². The highest BCUT2D eigenvalue weighted by molar-refractivity contribution is 8.20. The number of carbonyl (C=O) groups excluding carboxylic acids is 4. The van der Waals surface area contributed by atoms with Gasteiger partial charge in [0.15, 0.2) is 15.5 Å². The zero-order valence-corrected chi connectivity index (χ0v) is 65.8. The van der Waals surface area contributed by atoms with Gasteiger partial charge in [-0.1, -0.05) is 66.0 Å². The van der Waals surface area contributed by atoms with Crippen LogP contribution in [0, 0.1) is 17.5 Å². The molecule has 0 atom stereocenters. The lowest BCUT2D eigenvalue weighted by Gasteiger charge is -2.37. The monoisotopic (exact) mass is 1570 g/mol. The summed E-state index contributed by atoms with van der Waals surface area (Å²) in [4.78, 5) is 79.6. The molecule has 0 aromatic heterocycles. The molecule has 3 aromatic carbocycles. The van der Waals surface area contributed by atoms with Crippen LogP contribution in [0.2, 0.25) is 0 Å². The molecular formula is C72H98Cl2F3N15O7S5. The van der Waals surface area contributed by atoms with Crippen molar-refractivity contribution >= 4 is 152 Å². The maximum Gasteiger partial charge on any atom is 0.415 e. The quantitative estimate of drug-likeness (QED) is 0.0958. The normalized spacial score (nSPS) is 20.5. The molecule has 6 saturated heterocycles. The second-order valence-electron chi connectivity index (χ2n) is 25.7. The highest BCUT2D eigenvalue weighted by Gasteiger charge is 2.34. The fourth-order valence-electron chi connectivity index (χ4n) is 13.6. The lowest BCUT2D eigenvalue weighted by molar-refractivity contribution is -0.113. The molecule has 0 saturated carbocycles. The van der Waals surface area contributed by atoms with Crippen molar-refractivity contribution in [3.8, 4) is 17.2 Å². The summed E-state index contributed by atoms with van der Waals surface area (Å²) in [6, 6.07) is 13.9. The Morgan fingerprint density at radius 1 is 0.452 bits per heavy atom. The van der Waals surface area contributed by atoms with E-state index in [0.29, 0.717) is 94.1 Å². The predicted molar refractivity (Wildman–Crippen MR) is 425 cm³/mol. The van der Waals surface area contributed by atoms with Crippen LogP contribution in [0.3, 0.4) is 0 Å². The van der Waals surface area contributed by atoms with E-state index in [4.69, 9.17) is 38.6 Å². The van der Waals surface area contributed by atoms with E-state index < -0.39 is 35.7 Å². The van der Waals surface area contributed by atoms with Crippen LogP contribution in [-0.2, 0) is 4.79 Å². The number of rotatable bonds is 15. The average Bonchev–Trinajstić information content (AvgIpc) is 1.80. The Morgan fingerprint density at radius 2 is 0.731 bits per heavy atom. The fourth-order valence-corrected chi connectivity index (χ4v) is 17.0. The summed E-state index contributed by atoms with van der Waals surface area (Å²) in [5, 5.41) is 8.16. The molecule has 6 fully saturated rings. The Hall–Kier alpha value is -5.87. The molecule has 568 valence electrons. The molecule has 12 rings (SSSR count). The number of aliphatic imine (C=N–C) groups is 3. The highest BCUT2D eigenvalue weighted by atomic mass is 35.5. The van der Waals surface area contributed by atoms with Crippen LogP contribution in [0.1, 0.15) is 135 Å². The third-order valence-electron chi connectivity index (χ3n) is 19.4. The summed E-state index contributed by atoms with van der Waals surface area (Å²) < 4.78 is 59.1. The van der Waals surface area contributed by atoms with Crippen molar-refractivity contribution in [2.75, 3.05) is 118 Å². The highest BCUT2D eigenvalue weighted by Crippen LogP contribution is 2.38. The first-order chi connectivity index (χ1) is 49.4. The largest absolute Gasteiger partial charge is 0.415 e. The zero-order valence-electron chi connectivity index (χ0n) is 60.1. The average molecular weight is 1570 g/mol. The smallest absolute Gasteiger partial charge is 0.409 e. The van der Waals surface area contributed by atoms with E-state index in [-0.39, 0.29) is 48.0 Å². The number of benzene rings is 3. The molecule has 0 unspecified atom stereocenters.